The molecule has 1 aromatic heterocycles. The molecule has 0 aliphatic heterocycles. The zero-order valence-corrected chi connectivity index (χ0v) is 16.9. The normalized spacial score (nSPS) is 16.2. The number of carbonyl (C=O) groups is 2. The highest BCUT2D eigenvalue weighted by molar-refractivity contribution is 5.92. The number of nitrogens with zero attached hydrogens (tertiary/aromatic N) is 2. The Morgan fingerprint density at radius 2 is 1.82 bits per heavy atom. The van der Waals surface area contributed by atoms with Gasteiger partial charge in [0.1, 0.15) is 6.29 Å². The molecule has 4 N–H and O–H groups in total. The quantitative estimate of drug-likeness (QED) is 0.786. The van der Waals surface area contributed by atoms with Gasteiger partial charge in [0.25, 0.3) is 5.91 Å². The van der Waals surface area contributed by atoms with E-state index in [-0.39, 0.29) is 0 Å². The largest absolute Gasteiger partial charge is 0.366 e. The number of aryl methyl sites for hydroxylation is 1. The maximum atomic E-state index is 11.0. The Labute approximate surface area is 167 Å². The number of primary amides is 1. The van der Waals surface area contributed by atoms with E-state index in [1.54, 1.807) is 18.3 Å². The van der Waals surface area contributed by atoms with E-state index in [4.69, 9.17) is 11.5 Å². The molecule has 4 rings (SSSR count). The number of hydrogen-bond acceptors (Lipinski definition) is 4. The zero-order chi connectivity index (χ0) is 20.5. The van der Waals surface area contributed by atoms with Gasteiger partial charge in [-0.25, -0.2) is 4.68 Å². The van der Waals surface area contributed by atoms with Gasteiger partial charge in [-0.15, -0.1) is 0 Å². The summed E-state index contributed by atoms with van der Waals surface area (Å²) in [6.07, 6.45) is 13.7. The lowest BCUT2D eigenvalue weighted by atomic mass is 9.91. The first-order valence-corrected chi connectivity index (χ1v) is 10.1. The van der Waals surface area contributed by atoms with Crippen molar-refractivity contribution in [2.75, 3.05) is 0 Å². The third kappa shape index (κ3) is 7.27. The van der Waals surface area contributed by atoms with Crippen LogP contribution < -0.4 is 11.5 Å². The van der Waals surface area contributed by atoms with E-state index in [2.05, 4.69) is 12.0 Å². The van der Waals surface area contributed by atoms with Crippen LogP contribution in [0.3, 0.4) is 0 Å². The highest BCUT2D eigenvalue weighted by Crippen LogP contribution is 2.22. The minimum absolute atomic E-state index is 0.334. The number of aldehydes is 1. The Morgan fingerprint density at radius 3 is 2.25 bits per heavy atom. The molecular formula is C22H32N4O2. The van der Waals surface area contributed by atoms with Gasteiger partial charge in [0.05, 0.1) is 17.4 Å². The van der Waals surface area contributed by atoms with Crippen LogP contribution in [-0.4, -0.2) is 28.0 Å². The first-order valence-electron chi connectivity index (χ1n) is 10.1. The monoisotopic (exact) mass is 384 g/mol. The number of rotatable bonds is 3. The lowest BCUT2D eigenvalue weighted by Crippen LogP contribution is -2.09. The van der Waals surface area contributed by atoms with Crippen LogP contribution in [0.4, 0.5) is 0 Å². The summed E-state index contributed by atoms with van der Waals surface area (Å²) >= 11 is 0. The Hall–Kier alpha value is -2.47. The van der Waals surface area contributed by atoms with Crippen molar-refractivity contribution in [2.45, 2.75) is 64.8 Å². The molecule has 28 heavy (non-hydrogen) atoms. The molecular weight excluding hydrogens is 352 g/mol. The van der Waals surface area contributed by atoms with E-state index < -0.39 is 5.91 Å². The molecule has 6 nitrogen and oxygen atoms in total. The molecule has 2 fully saturated rings. The van der Waals surface area contributed by atoms with Crippen LogP contribution in [0.1, 0.15) is 78.1 Å². The Morgan fingerprint density at radius 1 is 1.18 bits per heavy atom. The topological polar surface area (TPSA) is 104 Å². The average Bonchev–Trinajstić information content (AvgIpc) is 3.31. The summed E-state index contributed by atoms with van der Waals surface area (Å²) in [4.78, 5) is 21.7. The third-order valence-electron chi connectivity index (χ3n) is 5.00. The Kier molecular flexibility index (Phi) is 8.39. The van der Waals surface area contributed by atoms with Crippen LogP contribution in [0, 0.1) is 12.8 Å². The molecule has 0 unspecified atom stereocenters. The maximum absolute atomic E-state index is 11.0. The van der Waals surface area contributed by atoms with Gasteiger partial charge in [-0.05, 0) is 37.3 Å². The molecule has 152 valence electrons. The third-order valence-corrected chi connectivity index (χ3v) is 5.00. The van der Waals surface area contributed by atoms with Crippen molar-refractivity contribution in [3.63, 3.8) is 0 Å². The number of nitrogens with two attached hydrogens (primary N) is 2. The molecule has 1 heterocycles. The number of benzene rings is 1. The fraction of sp³-hybridized carbons (Fsp3) is 0.500. The van der Waals surface area contributed by atoms with Crippen molar-refractivity contribution in [3.05, 3.63) is 47.3 Å². The SMILES string of the molecule is CC1CCCCC1.Cc1ccc(C=O)cc1-n1cc(C(N)=O)cn1.NC1CC1. The zero-order valence-electron chi connectivity index (χ0n) is 16.9. The second-order valence-corrected chi connectivity index (χ2v) is 7.78. The van der Waals surface area contributed by atoms with Crippen molar-refractivity contribution in [3.8, 4) is 5.69 Å². The summed E-state index contributed by atoms with van der Waals surface area (Å²) in [5.74, 6) is 0.509. The molecule has 0 saturated heterocycles. The van der Waals surface area contributed by atoms with Gasteiger partial charge in [-0.3, -0.25) is 9.59 Å². The van der Waals surface area contributed by atoms with E-state index in [1.807, 2.05) is 13.0 Å². The molecule has 0 bridgehead atoms. The van der Waals surface area contributed by atoms with E-state index in [0.29, 0.717) is 17.2 Å². The number of amides is 1. The summed E-state index contributed by atoms with van der Waals surface area (Å²) in [5.41, 5.74) is 13.0. The van der Waals surface area contributed by atoms with Crippen molar-refractivity contribution in [2.24, 2.45) is 17.4 Å². The molecule has 2 aliphatic rings. The molecule has 0 atom stereocenters. The Balaban J connectivity index is 0.000000207. The predicted molar refractivity (Wildman–Crippen MR) is 112 cm³/mol. The first-order chi connectivity index (χ1) is 13.4. The molecule has 6 heteroatoms. The van der Waals surface area contributed by atoms with E-state index in [0.717, 1.165) is 23.5 Å². The summed E-state index contributed by atoms with van der Waals surface area (Å²) in [6, 6.07) is 5.84. The highest BCUT2D eigenvalue weighted by Gasteiger charge is 2.13. The minimum atomic E-state index is -0.527. The van der Waals surface area contributed by atoms with Crippen LogP contribution in [0.2, 0.25) is 0 Å². The van der Waals surface area contributed by atoms with E-state index in [1.165, 1.54) is 55.8 Å². The second-order valence-electron chi connectivity index (χ2n) is 7.78. The maximum Gasteiger partial charge on any atom is 0.251 e. The highest BCUT2D eigenvalue weighted by atomic mass is 16.1. The van der Waals surface area contributed by atoms with Crippen LogP contribution in [0.15, 0.2) is 30.6 Å². The molecule has 0 spiro atoms. The van der Waals surface area contributed by atoms with Gasteiger partial charge in [0, 0.05) is 17.8 Å². The lowest BCUT2D eigenvalue weighted by molar-refractivity contribution is 0.0999. The first kappa shape index (κ1) is 21.8. The fourth-order valence-corrected chi connectivity index (χ4v) is 2.93. The van der Waals surface area contributed by atoms with E-state index >= 15 is 0 Å². The number of hydrogen-bond donors (Lipinski definition) is 2. The summed E-state index contributed by atoms with van der Waals surface area (Å²) < 4.78 is 1.53. The molecule has 2 aromatic rings. The van der Waals surface area contributed by atoms with Gasteiger partial charge in [-0.2, -0.15) is 5.10 Å². The minimum Gasteiger partial charge on any atom is -0.366 e. The summed E-state index contributed by atoms with van der Waals surface area (Å²) in [5, 5.41) is 4.04. The molecule has 2 aliphatic carbocycles. The van der Waals surface area contributed by atoms with E-state index in [9.17, 15) is 9.59 Å². The average molecular weight is 385 g/mol. The summed E-state index contributed by atoms with van der Waals surface area (Å²) in [7, 11) is 0. The molecule has 1 amide bonds. The summed E-state index contributed by atoms with van der Waals surface area (Å²) in [6.45, 7) is 4.26. The van der Waals surface area contributed by atoms with Gasteiger partial charge < -0.3 is 11.5 Å². The molecule has 1 aromatic carbocycles. The second kappa shape index (κ2) is 10.8. The predicted octanol–water partition coefficient (Wildman–Crippen LogP) is 3.79. The van der Waals surface area contributed by atoms with Crippen molar-refractivity contribution >= 4 is 12.2 Å². The van der Waals surface area contributed by atoms with Gasteiger partial charge in [0.2, 0.25) is 0 Å². The van der Waals surface area contributed by atoms with Crippen molar-refractivity contribution in [1.82, 2.24) is 9.78 Å². The van der Waals surface area contributed by atoms with Crippen LogP contribution >= 0.6 is 0 Å². The van der Waals surface area contributed by atoms with Crippen LogP contribution in [0.25, 0.3) is 5.69 Å². The van der Waals surface area contributed by atoms with Crippen LogP contribution in [0.5, 0.6) is 0 Å². The number of aromatic nitrogens is 2. The van der Waals surface area contributed by atoms with Gasteiger partial charge >= 0.3 is 0 Å². The van der Waals surface area contributed by atoms with Crippen molar-refractivity contribution in [1.29, 1.82) is 0 Å². The van der Waals surface area contributed by atoms with Crippen molar-refractivity contribution < 1.29 is 9.59 Å². The molecule has 0 radical (unpaired) electrons. The number of carbonyl (C=O) groups excluding carboxylic acids is 2. The smallest absolute Gasteiger partial charge is 0.251 e. The van der Waals surface area contributed by atoms with Crippen LogP contribution in [-0.2, 0) is 0 Å². The van der Waals surface area contributed by atoms with Gasteiger partial charge in [-0.1, -0.05) is 51.2 Å². The fourth-order valence-electron chi connectivity index (χ4n) is 2.93. The standard InChI is InChI=1S/C12H11N3O2.C7H14.C3H7N/c1-8-2-3-9(7-16)4-11(8)15-6-10(5-14-15)12(13)17;1-7-5-3-2-4-6-7;4-3-1-2-3/h2-7H,1H3,(H2,13,17);7H,2-6H2,1H3;3H,1-2,4H2. The van der Waals surface area contributed by atoms with Gasteiger partial charge in [0.15, 0.2) is 0 Å². The lowest BCUT2D eigenvalue weighted by Gasteiger charge is -2.15. The Bertz CT molecular complexity index is 775. The molecule has 2 saturated carbocycles.